The lowest BCUT2D eigenvalue weighted by atomic mass is 10.2. The van der Waals surface area contributed by atoms with Crippen LogP contribution in [0.5, 0.6) is 5.75 Å². The van der Waals surface area contributed by atoms with Gasteiger partial charge in [0.05, 0.1) is 24.9 Å². The number of methoxy groups -OCH3 is 1. The van der Waals surface area contributed by atoms with Crippen LogP contribution in [0.2, 0.25) is 5.15 Å². The van der Waals surface area contributed by atoms with Crippen LogP contribution >= 0.6 is 11.6 Å². The van der Waals surface area contributed by atoms with Gasteiger partial charge >= 0.3 is 6.09 Å². The van der Waals surface area contributed by atoms with Crippen LogP contribution in [-0.4, -0.2) is 45.5 Å². The first-order chi connectivity index (χ1) is 13.6. The number of nitrogens with zero attached hydrogens (tertiary/aromatic N) is 4. The maximum Gasteiger partial charge on any atom is 0.410 e. The molecule has 0 aliphatic carbocycles. The lowest BCUT2D eigenvalue weighted by Crippen LogP contribution is -2.34. The second-order valence-corrected chi connectivity index (χ2v) is 8.04. The van der Waals surface area contributed by atoms with E-state index in [4.69, 9.17) is 31.9 Å². The summed E-state index contributed by atoms with van der Waals surface area (Å²) in [5.41, 5.74) is 7.95. The second-order valence-electron chi connectivity index (χ2n) is 7.65. The molecule has 3 rings (SSSR count). The normalized spacial score (nSPS) is 11.5. The number of aromatic nitrogens is 3. The molecule has 154 valence electrons. The van der Waals surface area contributed by atoms with E-state index in [0.29, 0.717) is 28.0 Å². The third kappa shape index (κ3) is 4.54. The van der Waals surface area contributed by atoms with Gasteiger partial charge in [0.15, 0.2) is 0 Å². The summed E-state index contributed by atoms with van der Waals surface area (Å²) in [6.45, 7) is 5.70. The molecule has 2 aromatic heterocycles. The number of nitrogens with two attached hydrogens (primary N) is 1. The average Bonchev–Trinajstić information content (AvgIpc) is 2.97. The van der Waals surface area contributed by atoms with Crippen LogP contribution in [0.15, 0.2) is 30.5 Å². The van der Waals surface area contributed by atoms with Gasteiger partial charge in [0, 0.05) is 36.5 Å². The molecule has 2 N–H and O–H groups in total. The van der Waals surface area contributed by atoms with Crippen molar-refractivity contribution >= 4 is 34.3 Å². The highest BCUT2D eigenvalue weighted by Crippen LogP contribution is 2.30. The first kappa shape index (κ1) is 20.7. The van der Waals surface area contributed by atoms with E-state index in [2.05, 4.69) is 4.98 Å². The van der Waals surface area contributed by atoms with Crippen molar-refractivity contribution in [3.8, 4) is 11.4 Å². The molecule has 0 unspecified atom stereocenters. The van der Waals surface area contributed by atoms with Gasteiger partial charge in [-0.05, 0) is 32.9 Å². The number of ether oxygens (including phenoxy) is 2. The van der Waals surface area contributed by atoms with Gasteiger partial charge in [0.25, 0.3) is 0 Å². The number of halogens is 1. The van der Waals surface area contributed by atoms with Crippen molar-refractivity contribution in [3.05, 3.63) is 41.3 Å². The second kappa shape index (κ2) is 7.79. The Morgan fingerprint density at radius 1 is 1.31 bits per heavy atom. The van der Waals surface area contributed by atoms with E-state index in [0.717, 1.165) is 10.9 Å². The van der Waals surface area contributed by atoms with Crippen molar-refractivity contribution in [2.45, 2.75) is 32.9 Å². The monoisotopic (exact) mass is 417 g/mol. The molecule has 0 aliphatic heterocycles. The number of hydrogen-bond acceptors (Lipinski definition) is 6. The predicted molar refractivity (Wildman–Crippen MR) is 113 cm³/mol. The minimum absolute atomic E-state index is 0.235. The zero-order chi connectivity index (χ0) is 21.3. The summed E-state index contributed by atoms with van der Waals surface area (Å²) in [4.78, 5) is 18.0. The third-order valence-electron chi connectivity index (χ3n) is 4.13. The largest absolute Gasteiger partial charge is 0.494 e. The predicted octanol–water partition coefficient (Wildman–Crippen LogP) is 4.03. The molecule has 0 spiro atoms. The lowest BCUT2D eigenvalue weighted by molar-refractivity contribution is 0.0283. The Morgan fingerprint density at radius 3 is 2.69 bits per heavy atom. The van der Waals surface area contributed by atoms with Crippen molar-refractivity contribution in [2.75, 3.05) is 19.9 Å². The van der Waals surface area contributed by atoms with E-state index < -0.39 is 11.7 Å². The van der Waals surface area contributed by atoms with Crippen molar-refractivity contribution < 1.29 is 14.3 Å². The Hall–Kier alpha value is -3.00. The van der Waals surface area contributed by atoms with Gasteiger partial charge in [-0.25, -0.2) is 14.5 Å². The number of carbonyl (C=O) groups excluding carboxylic acids is 1. The number of fused-ring (bicyclic) bond motifs is 1. The number of anilines is 1. The Morgan fingerprint density at radius 2 is 2.03 bits per heavy atom. The highest BCUT2D eigenvalue weighted by molar-refractivity contribution is 6.30. The first-order valence-electron chi connectivity index (χ1n) is 9.00. The molecule has 0 saturated heterocycles. The van der Waals surface area contributed by atoms with Gasteiger partial charge in [0.1, 0.15) is 22.2 Å². The molecular weight excluding hydrogens is 394 g/mol. The van der Waals surface area contributed by atoms with Gasteiger partial charge in [-0.2, -0.15) is 5.10 Å². The van der Waals surface area contributed by atoms with Crippen molar-refractivity contribution in [3.63, 3.8) is 0 Å². The zero-order valence-corrected chi connectivity index (χ0v) is 17.8. The molecule has 1 aromatic carbocycles. The van der Waals surface area contributed by atoms with E-state index in [1.54, 1.807) is 43.2 Å². The van der Waals surface area contributed by atoms with Crippen LogP contribution in [-0.2, 0) is 11.3 Å². The molecule has 0 saturated carbocycles. The number of hydrogen-bond donors (Lipinski definition) is 1. The molecule has 3 aromatic rings. The molecule has 29 heavy (non-hydrogen) atoms. The van der Waals surface area contributed by atoms with Crippen LogP contribution < -0.4 is 10.5 Å². The molecule has 0 atom stereocenters. The zero-order valence-electron chi connectivity index (χ0n) is 17.1. The van der Waals surface area contributed by atoms with E-state index in [9.17, 15) is 4.79 Å². The number of benzene rings is 1. The van der Waals surface area contributed by atoms with E-state index in [1.165, 1.54) is 4.90 Å². The lowest BCUT2D eigenvalue weighted by Gasteiger charge is -2.24. The van der Waals surface area contributed by atoms with Crippen LogP contribution in [0.25, 0.3) is 16.6 Å². The van der Waals surface area contributed by atoms with E-state index >= 15 is 0 Å². The summed E-state index contributed by atoms with van der Waals surface area (Å²) in [7, 11) is 3.22. The SMILES string of the molecule is COc1cc(N)ccc1-n1nc(CN(C)C(=O)OC(C)(C)C)c2cnc(Cl)cc21. The summed E-state index contributed by atoms with van der Waals surface area (Å²) in [5.74, 6) is 0.564. The first-order valence-corrected chi connectivity index (χ1v) is 9.38. The molecule has 8 nitrogen and oxygen atoms in total. The summed E-state index contributed by atoms with van der Waals surface area (Å²) in [5, 5.41) is 5.81. The average molecular weight is 418 g/mol. The standard InChI is InChI=1S/C20H24ClN5O3/c1-20(2,3)29-19(27)25(4)11-14-13-10-23-18(21)9-16(13)26(24-14)15-7-6-12(22)8-17(15)28-5/h6-10H,11,22H2,1-5H3. The highest BCUT2D eigenvalue weighted by atomic mass is 35.5. The number of rotatable bonds is 4. The molecule has 0 fully saturated rings. The van der Waals surface area contributed by atoms with Crippen molar-refractivity contribution in [2.24, 2.45) is 0 Å². The Balaban J connectivity index is 2.06. The summed E-state index contributed by atoms with van der Waals surface area (Å²) in [6, 6.07) is 7.02. The van der Waals surface area contributed by atoms with E-state index in [1.807, 2.05) is 26.8 Å². The summed E-state index contributed by atoms with van der Waals surface area (Å²) < 4.78 is 12.6. The fourth-order valence-corrected chi connectivity index (χ4v) is 3.00. The molecule has 0 bridgehead atoms. The number of pyridine rings is 1. The van der Waals surface area contributed by atoms with Crippen LogP contribution in [0.3, 0.4) is 0 Å². The maximum atomic E-state index is 12.4. The topological polar surface area (TPSA) is 95.5 Å². The quantitative estimate of drug-likeness (QED) is 0.508. The van der Waals surface area contributed by atoms with E-state index in [-0.39, 0.29) is 6.54 Å². The molecular formula is C20H24ClN5O3. The molecule has 9 heteroatoms. The minimum Gasteiger partial charge on any atom is -0.494 e. The van der Waals surface area contributed by atoms with Crippen LogP contribution in [0, 0.1) is 0 Å². The van der Waals surface area contributed by atoms with Gasteiger partial charge in [-0.15, -0.1) is 0 Å². The summed E-state index contributed by atoms with van der Waals surface area (Å²) in [6.07, 6.45) is 1.20. The maximum absolute atomic E-state index is 12.4. The number of carbonyl (C=O) groups is 1. The smallest absolute Gasteiger partial charge is 0.410 e. The van der Waals surface area contributed by atoms with Gasteiger partial charge < -0.3 is 20.1 Å². The Bertz CT molecular complexity index is 1060. The fourth-order valence-electron chi connectivity index (χ4n) is 2.84. The highest BCUT2D eigenvalue weighted by Gasteiger charge is 2.22. The minimum atomic E-state index is -0.584. The fraction of sp³-hybridized carbons (Fsp3) is 0.350. The van der Waals surface area contributed by atoms with Crippen LogP contribution in [0.1, 0.15) is 26.5 Å². The van der Waals surface area contributed by atoms with Gasteiger partial charge in [-0.1, -0.05) is 11.6 Å². The Labute approximate surface area is 174 Å². The number of amides is 1. The molecule has 0 aliphatic rings. The number of nitrogen functional groups attached to an aromatic ring is 1. The third-order valence-corrected chi connectivity index (χ3v) is 4.34. The van der Waals surface area contributed by atoms with Crippen molar-refractivity contribution in [1.29, 1.82) is 0 Å². The molecule has 0 radical (unpaired) electrons. The van der Waals surface area contributed by atoms with Gasteiger partial charge in [0.2, 0.25) is 0 Å². The summed E-state index contributed by atoms with van der Waals surface area (Å²) >= 11 is 6.13. The van der Waals surface area contributed by atoms with Gasteiger partial charge in [-0.3, -0.25) is 0 Å². The molecule has 1 amide bonds. The molecule has 2 heterocycles. The van der Waals surface area contributed by atoms with Crippen LogP contribution in [0.4, 0.5) is 10.5 Å². The van der Waals surface area contributed by atoms with Crippen molar-refractivity contribution in [1.82, 2.24) is 19.7 Å². The Kier molecular flexibility index (Phi) is 5.57.